The summed E-state index contributed by atoms with van der Waals surface area (Å²) in [4.78, 5) is 21.1. The Morgan fingerprint density at radius 3 is 2.81 bits per heavy atom. The Kier molecular flexibility index (Phi) is 5.69. The van der Waals surface area contributed by atoms with E-state index in [1.807, 2.05) is 47.8 Å². The van der Waals surface area contributed by atoms with Crippen molar-refractivity contribution in [2.24, 2.45) is 0 Å². The van der Waals surface area contributed by atoms with E-state index in [0.717, 1.165) is 22.0 Å². The van der Waals surface area contributed by atoms with Crippen molar-refractivity contribution in [1.82, 2.24) is 15.3 Å². The molecule has 3 aromatic rings. The number of pyridine rings is 1. The minimum atomic E-state index is -0.207. The molecule has 0 radical (unpaired) electrons. The average Bonchev–Trinajstić information content (AvgIpc) is 3.09. The lowest BCUT2D eigenvalue weighted by Gasteiger charge is -2.25. The maximum atomic E-state index is 12.3. The third-order valence-electron chi connectivity index (χ3n) is 4.11. The van der Waals surface area contributed by atoms with Gasteiger partial charge >= 0.3 is 0 Å². The van der Waals surface area contributed by atoms with Crippen molar-refractivity contribution in [3.63, 3.8) is 0 Å². The molecule has 2 aromatic heterocycles. The maximum Gasteiger partial charge on any atom is 0.226 e. The molecular weight excluding hydrogens is 366 g/mol. The molecule has 1 aromatic carbocycles. The minimum absolute atomic E-state index is 0.0435. The third-order valence-corrected chi connectivity index (χ3v) is 5.26. The van der Waals surface area contributed by atoms with Gasteiger partial charge in [0.05, 0.1) is 17.8 Å². The van der Waals surface area contributed by atoms with Gasteiger partial charge in [0, 0.05) is 28.6 Å². The van der Waals surface area contributed by atoms with Gasteiger partial charge < -0.3 is 5.32 Å². The van der Waals surface area contributed by atoms with E-state index in [1.54, 1.807) is 6.20 Å². The SMILES string of the molecule is CC(C)(CNC(=O)Cc1csc(-c2ccccn2)n1)c1cccc(Cl)c1. The maximum absolute atomic E-state index is 12.3. The Hall–Kier alpha value is -2.24. The van der Waals surface area contributed by atoms with Gasteiger partial charge in [-0.3, -0.25) is 9.78 Å². The van der Waals surface area contributed by atoms with Crippen molar-refractivity contribution in [1.29, 1.82) is 0 Å². The van der Waals surface area contributed by atoms with E-state index in [4.69, 9.17) is 11.6 Å². The quantitative estimate of drug-likeness (QED) is 0.679. The highest BCUT2D eigenvalue weighted by atomic mass is 35.5. The zero-order valence-electron chi connectivity index (χ0n) is 14.7. The number of benzene rings is 1. The highest BCUT2D eigenvalue weighted by Gasteiger charge is 2.22. The molecule has 0 unspecified atom stereocenters. The van der Waals surface area contributed by atoms with Crippen molar-refractivity contribution in [3.05, 3.63) is 70.3 Å². The van der Waals surface area contributed by atoms with Crippen LogP contribution in [0.25, 0.3) is 10.7 Å². The van der Waals surface area contributed by atoms with Crippen LogP contribution in [-0.2, 0) is 16.6 Å². The van der Waals surface area contributed by atoms with Gasteiger partial charge in [-0.25, -0.2) is 4.98 Å². The molecule has 1 amide bonds. The molecule has 6 heteroatoms. The largest absolute Gasteiger partial charge is 0.355 e. The van der Waals surface area contributed by atoms with Crippen molar-refractivity contribution >= 4 is 28.8 Å². The first-order valence-electron chi connectivity index (χ1n) is 8.32. The van der Waals surface area contributed by atoms with E-state index < -0.39 is 0 Å². The molecule has 0 aliphatic rings. The lowest BCUT2D eigenvalue weighted by atomic mass is 9.84. The fourth-order valence-corrected chi connectivity index (χ4v) is 3.54. The second kappa shape index (κ2) is 7.98. The van der Waals surface area contributed by atoms with E-state index in [2.05, 4.69) is 29.1 Å². The molecule has 0 saturated heterocycles. The predicted octanol–water partition coefficient (Wildman–Crippen LogP) is 4.50. The minimum Gasteiger partial charge on any atom is -0.355 e. The van der Waals surface area contributed by atoms with Crippen LogP contribution in [0.1, 0.15) is 25.1 Å². The number of carbonyl (C=O) groups is 1. The second-order valence-corrected chi connectivity index (χ2v) is 8.00. The van der Waals surface area contributed by atoms with Crippen molar-refractivity contribution in [2.45, 2.75) is 25.7 Å². The summed E-state index contributed by atoms with van der Waals surface area (Å²) < 4.78 is 0. The van der Waals surface area contributed by atoms with Crippen molar-refractivity contribution in [3.8, 4) is 10.7 Å². The predicted molar refractivity (Wildman–Crippen MR) is 107 cm³/mol. The summed E-state index contributed by atoms with van der Waals surface area (Å²) in [5.74, 6) is -0.0435. The van der Waals surface area contributed by atoms with Gasteiger partial charge in [-0.2, -0.15) is 0 Å². The van der Waals surface area contributed by atoms with Gasteiger partial charge in [-0.15, -0.1) is 11.3 Å². The molecule has 0 bridgehead atoms. The summed E-state index contributed by atoms with van der Waals surface area (Å²) >= 11 is 7.57. The summed E-state index contributed by atoms with van der Waals surface area (Å²) in [6.07, 6.45) is 2.00. The number of nitrogens with one attached hydrogen (secondary N) is 1. The van der Waals surface area contributed by atoms with E-state index in [1.165, 1.54) is 11.3 Å². The molecule has 0 aliphatic carbocycles. The van der Waals surface area contributed by atoms with Gasteiger partial charge in [0.15, 0.2) is 0 Å². The Labute approximate surface area is 162 Å². The second-order valence-electron chi connectivity index (χ2n) is 6.71. The van der Waals surface area contributed by atoms with E-state index in [0.29, 0.717) is 11.6 Å². The molecule has 0 aliphatic heterocycles. The number of hydrogen-bond acceptors (Lipinski definition) is 4. The van der Waals surface area contributed by atoms with Crippen LogP contribution in [0.4, 0.5) is 0 Å². The highest BCUT2D eigenvalue weighted by molar-refractivity contribution is 7.13. The molecular formula is C20H20ClN3OS. The molecule has 3 rings (SSSR count). The highest BCUT2D eigenvalue weighted by Crippen LogP contribution is 2.25. The normalized spacial score (nSPS) is 11.3. The number of amides is 1. The van der Waals surface area contributed by atoms with Crippen LogP contribution in [0.15, 0.2) is 54.0 Å². The number of hydrogen-bond donors (Lipinski definition) is 1. The molecule has 0 spiro atoms. The molecule has 134 valence electrons. The first kappa shape index (κ1) is 18.5. The molecule has 1 N–H and O–H groups in total. The number of carbonyl (C=O) groups excluding carboxylic acids is 1. The lowest BCUT2D eigenvalue weighted by Crippen LogP contribution is -2.37. The van der Waals surface area contributed by atoms with Gasteiger partial charge in [-0.1, -0.05) is 43.6 Å². The zero-order valence-corrected chi connectivity index (χ0v) is 16.3. The van der Waals surface area contributed by atoms with Crippen molar-refractivity contribution in [2.75, 3.05) is 6.54 Å². The number of halogens is 1. The Bertz CT molecular complexity index is 893. The Morgan fingerprint density at radius 2 is 2.08 bits per heavy atom. The molecule has 4 nitrogen and oxygen atoms in total. The van der Waals surface area contributed by atoms with Crippen LogP contribution in [0, 0.1) is 0 Å². The molecule has 26 heavy (non-hydrogen) atoms. The van der Waals surface area contributed by atoms with Gasteiger partial charge in [0.25, 0.3) is 0 Å². The van der Waals surface area contributed by atoms with Gasteiger partial charge in [0.2, 0.25) is 5.91 Å². The van der Waals surface area contributed by atoms with Crippen molar-refractivity contribution < 1.29 is 4.79 Å². The van der Waals surface area contributed by atoms with Crippen LogP contribution in [-0.4, -0.2) is 22.4 Å². The fraction of sp³-hybridized carbons (Fsp3) is 0.250. The number of nitrogens with zero attached hydrogens (tertiary/aromatic N) is 2. The van der Waals surface area contributed by atoms with E-state index >= 15 is 0 Å². The van der Waals surface area contributed by atoms with Crippen LogP contribution in [0.2, 0.25) is 5.02 Å². The summed E-state index contributed by atoms with van der Waals surface area (Å²) in [6, 6.07) is 13.4. The summed E-state index contributed by atoms with van der Waals surface area (Å²) in [6.45, 7) is 4.70. The van der Waals surface area contributed by atoms with Crippen LogP contribution in [0.5, 0.6) is 0 Å². The summed E-state index contributed by atoms with van der Waals surface area (Å²) in [5.41, 5.74) is 2.47. The van der Waals surface area contributed by atoms with Crippen LogP contribution in [0.3, 0.4) is 0 Å². The topological polar surface area (TPSA) is 54.9 Å². The number of thiazole rings is 1. The molecule has 0 fully saturated rings. The monoisotopic (exact) mass is 385 g/mol. The molecule has 0 atom stereocenters. The third kappa shape index (κ3) is 4.68. The van der Waals surface area contributed by atoms with E-state index in [9.17, 15) is 4.79 Å². The van der Waals surface area contributed by atoms with E-state index in [-0.39, 0.29) is 17.7 Å². The summed E-state index contributed by atoms with van der Waals surface area (Å²) in [7, 11) is 0. The van der Waals surface area contributed by atoms with Gasteiger partial charge in [0.1, 0.15) is 5.01 Å². The molecule has 0 saturated carbocycles. The smallest absolute Gasteiger partial charge is 0.226 e. The fourth-order valence-electron chi connectivity index (χ4n) is 2.55. The first-order chi connectivity index (χ1) is 12.4. The van der Waals surface area contributed by atoms with Crippen LogP contribution < -0.4 is 5.32 Å². The zero-order chi connectivity index (χ0) is 18.6. The Morgan fingerprint density at radius 1 is 1.23 bits per heavy atom. The summed E-state index contributed by atoms with van der Waals surface area (Å²) in [5, 5.41) is 6.44. The van der Waals surface area contributed by atoms with Gasteiger partial charge in [-0.05, 0) is 29.8 Å². The Balaban J connectivity index is 1.58. The standard InChI is InChI=1S/C20H20ClN3OS/c1-20(2,14-6-5-7-15(21)10-14)13-23-18(25)11-16-12-26-19(24-16)17-8-3-4-9-22-17/h3-10,12H,11,13H2,1-2H3,(H,23,25). The number of aromatic nitrogens is 2. The number of rotatable bonds is 6. The van der Waals surface area contributed by atoms with Crippen LogP contribution >= 0.6 is 22.9 Å². The molecule has 2 heterocycles. The average molecular weight is 386 g/mol. The first-order valence-corrected chi connectivity index (χ1v) is 9.58. The lowest BCUT2D eigenvalue weighted by molar-refractivity contribution is -0.120.